The van der Waals surface area contributed by atoms with Gasteiger partial charge in [0.15, 0.2) is 0 Å². The Kier molecular flexibility index (Phi) is 6.71. The zero-order valence-corrected chi connectivity index (χ0v) is 15.2. The van der Waals surface area contributed by atoms with E-state index in [9.17, 15) is 0 Å². The van der Waals surface area contributed by atoms with Gasteiger partial charge in [-0.2, -0.15) is 5.10 Å². The molecule has 1 unspecified atom stereocenters. The fourth-order valence-corrected chi connectivity index (χ4v) is 3.59. The van der Waals surface area contributed by atoms with Gasteiger partial charge < -0.3 is 5.32 Å². The number of piperidine rings is 1. The third kappa shape index (κ3) is 4.54. The minimum Gasteiger partial charge on any atom is -0.316 e. The maximum Gasteiger partial charge on any atom is 0.0739 e. The molecule has 0 spiro atoms. The van der Waals surface area contributed by atoms with Crippen molar-refractivity contribution in [1.29, 1.82) is 0 Å². The van der Waals surface area contributed by atoms with Gasteiger partial charge in [-0.15, -0.1) is 0 Å². The first kappa shape index (κ1) is 17.0. The number of nitrogens with zero attached hydrogens (tertiary/aromatic N) is 3. The average Bonchev–Trinajstić information content (AvgIpc) is 2.76. The fraction of sp³-hybridized carbons (Fsp3) is 0.812. The van der Waals surface area contributed by atoms with Crippen LogP contribution < -0.4 is 5.32 Å². The minimum atomic E-state index is 0.795. The van der Waals surface area contributed by atoms with Gasteiger partial charge in [-0.25, -0.2) is 0 Å². The molecule has 1 aromatic heterocycles. The fourth-order valence-electron chi connectivity index (χ4n) is 3.18. The van der Waals surface area contributed by atoms with Gasteiger partial charge in [-0.1, -0.05) is 6.92 Å². The summed E-state index contributed by atoms with van der Waals surface area (Å²) in [5.74, 6) is 0.795. The SMILES string of the molecule is CCCNCC1CCCN(Cc2c(Br)c(C)nn2CC)C1. The molecule has 2 rings (SSSR count). The van der Waals surface area contributed by atoms with Crippen molar-refractivity contribution in [1.82, 2.24) is 20.0 Å². The highest BCUT2D eigenvalue weighted by Gasteiger charge is 2.22. The van der Waals surface area contributed by atoms with E-state index in [-0.39, 0.29) is 0 Å². The van der Waals surface area contributed by atoms with Gasteiger partial charge in [0.25, 0.3) is 0 Å². The maximum absolute atomic E-state index is 4.60. The molecule has 0 saturated carbocycles. The van der Waals surface area contributed by atoms with Crippen molar-refractivity contribution in [3.63, 3.8) is 0 Å². The van der Waals surface area contributed by atoms with E-state index in [0.29, 0.717) is 0 Å². The summed E-state index contributed by atoms with van der Waals surface area (Å²) in [5, 5.41) is 8.18. The van der Waals surface area contributed by atoms with E-state index in [2.05, 4.69) is 56.7 Å². The molecule has 1 aliphatic rings. The molecular weight excluding hydrogens is 328 g/mol. The van der Waals surface area contributed by atoms with Crippen molar-refractivity contribution < 1.29 is 0 Å². The van der Waals surface area contributed by atoms with E-state index in [4.69, 9.17) is 0 Å². The van der Waals surface area contributed by atoms with Gasteiger partial charge in [0, 0.05) is 19.6 Å². The van der Waals surface area contributed by atoms with Crippen LogP contribution in [0.3, 0.4) is 0 Å². The number of aromatic nitrogens is 2. The Morgan fingerprint density at radius 2 is 2.19 bits per heavy atom. The molecule has 1 aliphatic heterocycles. The third-order valence-electron chi connectivity index (χ3n) is 4.29. The van der Waals surface area contributed by atoms with Crippen molar-refractivity contribution in [3.8, 4) is 0 Å². The minimum absolute atomic E-state index is 0.795. The number of nitrogens with one attached hydrogen (secondary N) is 1. The van der Waals surface area contributed by atoms with E-state index in [1.54, 1.807) is 0 Å². The second-order valence-corrected chi connectivity index (χ2v) is 6.90. The quantitative estimate of drug-likeness (QED) is 0.761. The van der Waals surface area contributed by atoms with Gasteiger partial charge in [0.1, 0.15) is 0 Å². The first-order chi connectivity index (χ1) is 10.2. The molecule has 1 N–H and O–H groups in total. The van der Waals surface area contributed by atoms with Crippen LogP contribution in [0.25, 0.3) is 0 Å². The second kappa shape index (κ2) is 8.30. The highest BCUT2D eigenvalue weighted by atomic mass is 79.9. The summed E-state index contributed by atoms with van der Waals surface area (Å²) in [6, 6.07) is 0. The van der Waals surface area contributed by atoms with E-state index in [1.165, 1.54) is 42.5 Å². The Morgan fingerprint density at radius 1 is 1.38 bits per heavy atom. The third-order valence-corrected chi connectivity index (χ3v) is 5.32. The molecule has 1 atom stereocenters. The van der Waals surface area contributed by atoms with Crippen molar-refractivity contribution in [3.05, 3.63) is 15.9 Å². The molecule has 4 nitrogen and oxygen atoms in total. The molecule has 0 radical (unpaired) electrons. The molecule has 0 bridgehead atoms. The van der Waals surface area contributed by atoms with E-state index < -0.39 is 0 Å². The molecule has 21 heavy (non-hydrogen) atoms. The number of hydrogen-bond acceptors (Lipinski definition) is 3. The Labute approximate surface area is 137 Å². The second-order valence-electron chi connectivity index (χ2n) is 6.11. The Hall–Kier alpha value is -0.390. The highest BCUT2D eigenvalue weighted by molar-refractivity contribution is 9.10. The number of hydrogen-bond donors (Lipinski definition) is 1. The Morgan fingerprint density at radius 3 is 2.90 bits per heavy atom. The molecule has 0 aliphatic carbocycles. The van der Waals surface area contributed by atoms with Crippen molar-refractivity contribution in [2.45, 2.75) is 53.1 Å². The van der Waals surface area contributed by atoms with E-state index in [0.717, 1.165) is 37.8 Å². The molecule has 1 fully saturated rings. The molecule has 1 saturated heterocycles. The van der Waals surface area contributed by atoms with Gasteiger partial charge in [-0.05, 0) is 74.6 Å². The summed E-state index contributed by atoms with van der Waals surface area (Å²) in [7, 11) is 0. The zero-order chi connectivity index (χ0) is 15.2. The summed E-state index contributed by atoms with van der Waals surface area (Å²) < 4.78 is 3.33. The predicted octanol–water partition coefficient (Wildman–Crippen LogP) is 3.19. The molecule has 5 heteroatoms. The molecule has 1 aromatic rings. The van der Waals surface area contributed by atoms with Crippen LogP contribution >= 0.6 is 15.9 Å². The normalized spacial score (nSPS) is 20.1. The molecule has 2 heterocycles. The lowest BCUT2D eigenvalue weighted by atomic mass is 9.98. The van der Waals surface area contributed by atoms with Crippen LogP contribution in [0.1, 0.15) is 44.5 Å². The highest BCUT2D eigenvalue weighted by Crippen LogP contribution is 2.25. The largest absolute Gasteiger partial charge is 0.316 e. The lowest BCUT2D eigenvalue weighted by Crippen LogP contribution is -2.39. The summed E-state index contributed by atoms with van der Waals surface area (Å²) in [4.78, 5) is 2.59. The number of aryl methyl sites for hydroxylation is 2. The molecular formula is C16H29BrN4. The average molecular weight is 357 g/mol. The van der Waals surface area contributed by atoms with Crippen LogP contribution in [0.5, 0.6) is 0 Å². The van der Waals surface area contributed by atoms with Crippen LogP contribution in [0.4, 0.5) is 0 Å². The summed E-state index contributed by atoms with van der Waals surface area (Å²) in [5.41, 5.74) is 2.43. The summed E-state index contributed by atoms with van der Waals surface area (Å²) in [6.07, 6.45) is 3.90. The zero-order valence-electron chi connectivity index (χ0n) is 13.7. The van der Waals surface area contributed by atoms with Gasteiger partial charge in [0.2, 0.25) is 0 Å². The Bertz CT molecular complexity index is 444. The Balaban J connectivity index is 1.93. The summed E-state index contributed by atoms with van der Waals surface area (Å²) >= 11 is 3.71. The monoisotopic (exact) mass is 356 g/mol. The first-order valence-corrected chi connectivity index (χ1v) is 9.09. The predicted molar refractivity (Wildman–Crippen MR) is 91.5 cm³/mol. The van der Waals surface area contributed by atoms with Crippen molar-refractivity contribution >= 4 is 15.9 Å². The maximum atomic E-state index is 4.60. The molecule has 0 amide bonds. The van der Waals surface area contributed by atoms with Gasteiger partial charge in [-0.3, -0.25) is 9.58 Å². The van der Waals surface area contributed by atoms with E-state index in [1.807, 2.05) is 0 Å². The first-order valence-electron chi connectivity index (χ1n) is 8.30. The van der Waals surface area contributed by atoms with Crippen LogP contribution in [0.15, 0.2) is 4.47 Å². The smallest absolute Gasteiger partial charge is 0.0739 e. The van der Waals surface area contributed by atoms with Gasteiger partial charge >= 0.3 is 0 Å². The summed E-state index contributed by atoms with van der Waals surface area (Å²) in [6.45, 7) is 13.1. The number of likely N-dealkylation sites (tertiary alicyclic amines) is 1. The topological polar surface area (TPSA) is 33.1 Å². The lowest BCUT2D eigenvalue weighted by molar-refractivity contribution is 0.161. The number of halogens is 1. The van der Waals surface area contributed by atoms with Crippen LogP contribution in [-0.2, 0) is 13.1 Å². The van der Waals surface area contributed by atoms with Crippen LogP contribution in [-0.4, -0.2) is 40.9 Å². The standard InChI is InChI=1S/C16H29BrN4/c1-4-8-18-10-14-7-6-9-20(11-14)12-15-16(17)13(3)19-21(15)5-2/h14,18H,4-12H2,1-3H3. The van der Waals surface area contributed by atoms with Crippen LogP contribution in [0.2, 0.25) is 0 Å². The van der Waals surface area contributed by atoms with Gasteiger partial charge in [0.05, 0.1) is 15.9 Å². The number of rotatable bonds is 7. The van der Waals surface area contributed by atoms with Crippen LogP contribution in [0, 0.1) is 12.8 Å². The lowest BCUT2D eigenvalue weighted by Gasteiger charge is -2.33. The molecule has 120 valence electrons. The van der Waals surface area contributed by atoms with Crippen molar-refractivity contribution in [2.24, 2.45) is 5.92 Å². The van der Waals surface area contributed by atoms with Crippen molar-refractivity contribution in [2.75, 3.05) is 26.2 Å². The molecule has 0 aromatic carbocycles. The van der Waals surface area contributed by atoms with E-state index >= 15 is 0 Å².